The van der Waals surface area contributed by atoms with Gasteiger partial charge in [-0.2, -0.15) is 0 Å². The third-order valence-electron chi connectivity index (χ3n) is 1.93. The molecular weight excluding hydrogens is 195 g/mol. The number of nitrogens with two attached hydrogens (primary N) is 1. The summed E-state index contributed by atoms with van der Waals surface area (Å²) in [6.45, 7) is 2.21. The lowest BCUT2D eigenvalue weighted by molar-refractivity contribution is -0.120. The quantitative estimate of drug-likeness (QED) is 0.773. The summed E-state index contributed by atoms with van der Waals surface area (Å²) in [6, 6.07) is 6.15. The van der Waals surface area contributed by atoms with Gasteiger partial charge in [-0.15, -0.1) is 0 Å². The van der Waals surface area contributed by atoms with Gasteiger partial charge in [0.2, 0.25) is 5.91 Å². The molecule has 1 atom stereocenters. The second-order valence-electron chi connectivity index (χ2n) is 3.55. The second-order valence-corrected chi connectivity index (χ2v) is 3.55. The van der Waals surface area contributed by atoms with Crippen molar-refractivity contribution < 1.29 is 9.18 Å². The molecule has 0 heterocycles. The van der Waals surface area contributed by atoms with Crippen LogP contribution in [-0.4, -0.2) is 18.5 Å². The highest BCUT2D eigenvalue weighted by Gasteiger charge is 2.07. The van der Waals surface area contributed by atoms with Crippen LogP contribution in [0.3, 0.4) is 0 Å². The van der Waals surface area contributed by atoms with Crippen molar-refractivity contribution in [3.63, 3.8) is 0 Å². The summed E-state index contributed by atoms with van der Waals surface area (Å²) in [4.78, 5) is 11.3. The van der Waals surface area contributed by atoms with Gasteiger partial charge in [-0.05, 0) is 18.6 Å². The van der Waals surface area contributed by atoms with E-state index in [4.69, 9.17) is 5.73 Å². The van der Waals surface area contributed by atoms with Crippen molar-refractivity contribution in [2.75, 3.05) is 6.54 Å². The van der Waals surface area contributed by atoms with Crippen molar-refractivity contribution in [3.05, 3.63) is 35.6 Å². The van der Waals surface area contributed by atoms with E-state index in [2.05, 4.69) is 5.32 Å². The molecule has 1 unspecified atom stereocenters. The van der Waals surface area contributed by atoms with Crippen molar-refractivity contribution in [2.24, 2.45) is 5.73 Å². The maximum absolute atomic E-state index is 13.1. The molecule has 0 fully saturated rings. The topological polar surface area (TPSA) is 55.1 Å². The van der Waals surface area contributed by atoms with Gasteiger partial charge in [0, 0.05) is 12.6 Å². The third kappa shape index (κ3) is 4.08. The van der Waals surface area contributed by atoms with Crippen LogP contribution in [0.25, 0.3) is 0 Å². The maximum atomic E-state index is 13.1. The minimum absolute atomic E-state index is 0.0550. The zero-order chi connectivity index (χ0) is 11.3. The number of hydrogen-bond donors (Lipinski definition) is 2. The molecule has 1 amide bonds. The van der Waals surface area contributed by atoms with Gasteiger partial charge in [0.15, 0.2) is 0 Å². The van der Waals surface area contributed by atoms with Gasteiger partial charge >= 0.3 is 0 Å². The summed E-state index contributed by atoms with van der Waals surface area (Å²) in [5.41, 5.74) is 5.88. The molecule has 3 nitrogen and oxygen atoms in total. The largest absolute Gasteiger partial charge is 0.354 e. The average Bonchev–Trinajstić information content (AvgIpc) is 2.18. The Balaban J connectivity index is 2.48. The molecule has 4 heteroatoms. The van der Waals surface area contributed by atoms with Gasteiger partial charge in [-0.3, -0.25) is 4.79 Å². The van der Waals surface area contributed by atoms with E-state index in [9.17, 15) is 9.18 Å². The molecule has 3 N–H and O–H groups in total. The Hall–Kier alpha value is -1.42. The fourth-order valence-electron chi connectivity index (χ4n) is 1.15. The highest BCUT2D eigenvalue weighted by Crippen LogP contribution is 2.06. The Bertz CT molecular complexity index is 339. The first-order valence-corrected chi connectivity index (χ1v) is 4.85. The van der Waals surface area contributed by atoms with Crippen LogP contribution in [0.15, 0.2) is 24.3 Å². The van der Waals surface area contributed by atoms with Crippen LogP contribution < -0.4 is 11.1 Å². The van der Waals surface area contributed by atoms with E-state index in [0.717, 1.165) is 0 Å². The molecule has 82 valence electrons. The summed E-state index contributed by atoms with van der Waals surface area (Å²) < 4.78 is 13.1. The molecule has 0 radical (unpaired) electrons. The summed E-state index contributed by atoms with van der Waals surface area (Å²) in [6.07, 6.45) is 0.0550. The number of carbonyl (C=O) groups excluding carboxylic acids is 1. The zero-order valence-electron chi connectivity index (χ0n) is 8.66. The number of carbonyl (C=O) groups is 1. The van der Waals surface area contributed by atoms with Crippen LogP contribution in [0.5, 0.6) is 0 Å². The summed E-state index contributed by atoms with van der Waals surface area (Å²) in [5, 5.41) is 2.63. The first kappa shape index (κ1) is 11.7. The number of benzene rings is 1. The predicted molar refractivity (Wildman–Crippen MR) is 56.8 cm³/mol. The van der Waals surface area contributed by atoms with E-state index < -0.39 is 0 Å². The number of halogens is 1. The molecule has 0 saturated carbocycles. The van der Waals surface area contributed by atoms with Gasteiger partial charge in [-0.25, -0.2) is 4.39 Å². The molecule has 0 aromatic heterocycles. The van der Waals surface area contributed by atoms with Crippen LogP contribution in [0.1, 0.15) is 12.5 Å². The molecule has 0 aliphatic carbocycles. The molecule has 0 bridgehead atoms. The smallest absolute Gasteiger partial charge is 0.224 e. The van der Waals surface area contributed by atoms with Crippen LogP contribution in [0.4, 0.5) is 4.39 Å². The maximum Gasteiger partial charge on any atom is 0.224 e. The molecule has 0 aliphatic rings. The van der Waals surface area contributed by atoms with Crippen LogP contribution >= 0.6 is 0 Å². The van der Waals surface area contributed by atoms with Gasteiger partial charge in [-0.1, -0.05) is 18.2 Å². The second kappa shape index (κ2) is 5.46. The monoisotopic (exact) mass is 210 g/mol. The Morgan fingerprint density at radius 3 is 2.80 bits per heavy atom. The lowest BCUT2D eigenvalue weighted by atomic mass is 10.1. The van der Waals surface area contributed by atoms with E-state index in [1.165, 1.54) is 6.07 Å². The molecule has 0 spiro atoms. The van der Waals surface area contributed by atoms with Gasteiger partial charge in [0.05, 0.1) is 6.42 Å². The Morgan fingerprint density at radius 1 is 1.53 bits per heavy atom. The van der Waals surface area contributed by atoms with E-state index in [0.29, 0.717) is 12.1 Å². The third-order valence-corrected chi connectivity index (χ3v) is 1.93. The lowest BCUT2D eigenvalue weighted by Crippen LogP contribution is -2.36. The van der Waals surface area contributed by atoms with E-state index in [1.807, 2.05) is 0 Å². The van der Waals surface area contributed by atoms with E-state index in [1.54, 1.807) is 25.1 Å². The Kier molecular flexibility index (Phi) is 4.24. The predicted octanol–water partition coefficient (Wildman–Crippen LogP) is 0.832. The molecule has 1 rings (SSSR count). The molecule has 0 saturated heterocycles. The highest BCUT2D eigenvalue weighted by molar-refractivity contribution is 5.78. The number of nitrogens with one attached hydrogen (secondary N) is 1. The van der Waals surface area contributed by atoms with Crippen molar-refractivity contribution in [2.45, 2.75) is 19.4 Å². The van der Waals surface area contributed by atoms with Crippen molar-refractivity contribution in [1.29, 1.82) is 0 Å². The van der Waals surface area contributed by atoms with E-state index in [-0.39, 0.29) is 24.2 Å². The molecular formula is C11H15FN2O. The van der Waals surface area contributed by atoms with Crippen LogP contribution in [0, 0.1) is 5.82 Å². The summed E-state index contributed by atoms with van der Waals surface area (Å²) in [5.74, 6) is -0.564. The summed E-state index contributed by atoms with van der Waals surface area (Å²) in [7, 11) is 0. The average molecular weight is 210 g/mol. The summed E-state index contributed by atoms with van der Waals surface area (Å²) >= 11 is 0. The first-order chi connectivity index (χ1) is 7.09. The van der Waals surface area contributed by atoms with Crippen molar-refractivity contribution in [3.8, 4) is 0 Å². The lowest BCUT2D eigenvalue weighted by Gasteiger charge is -2.07. The minimum atomic E-state index is -0.353. The highest BCUT2D eigenvalue weighted by atomic mass is 19.1. The van der Waals surface area contributed by atoms with Crippen molar-refractivity contribution in [1.82, 2.24) is 5.32 Å². The Labute approximate surface area is 88.5 Å². The standard InChI is InChI=1S/C11H15FN2O/c1-8(13)7-14-11(15)6-9-4-2-3-5-10(9)12/h2-5,8H,6-7,13H2,1H3,(H,14,15). The first-order valence-electron chi connectivity index (χ1n) is 4.85. The van der Waals surface area contributed by atoms with Gasteiger partial charge in [0.1, 0.15) is 5.82 Å². The van der Waals surface area contributed by atoms with Crippen LogP contribution in [-0.2, 0) is 11.2 Å². The van der Waals surface area contributed by atoms with Crippen LogP contribution in [0.2, 0.25) is 0 Å². The molecule has 1 aromatic carbocycles. The van der Waals surface area contributed by atoms with Gasteiger partial charge < -0.3 is 11.1 Å². The zero-order valence-corrected chi connectivity index (χ0v) is 8.66. The minimum Gasteiger partial charge on any atom is -0.354 e. The fraction of sp³-hybridized carbons (Fsp3) is 0.364. The molecule has 0 aliphatic heterocycles. The number of amides is 1. The van der Waals surface area contributed by atoms with E-state index >= 15 is 0 Å². The molecule has 15 heavy (non-hydrogen) atoms. The van der Waals surface area contributed by atoms with Gasteiger partial charge in [0.25, 0.3) is 0 Å². The number of rotatable bonds is 4. The number of hydrogen-bond acceptors (Lipinski definition) is 2. The normalized spacial score (nSPS) is 12.2. The molecule has 1 aromatic rings. The fourth-order valence-corrected chi connectivity index (χ4v) is 1.15. The Morgan fingerprint density at radius 2 is 2.20 bits per heavy atom. The SMILES string of the molecule is CC(N)CNC(=O)Cc1ccccc1F. The van der Waals surface area contributed by atoms with Crippen molar-refractivity contribution >= 4 is 5.91 Å².